The molecule has 2 aromatic rings. The Labute approximate surface area is 149 Å². The Bertz CT molecular complexity index is 822. The summed E-state index contributed by atoms with van der Waals surface area (Å²) in [5.41, 5.74) is 5.21. The summed E-state index contributed by atoms with van der Waals surface area (Å²) >= 11 is 11.6. The molecule has 1 heterocycles. The highest BCUT2D eigenvalue weighted by Crippen LogP contribution is 2.35. The number of nitrogens with two attached hydrogens (primary N) is 1. The van der Waals surface area contributed by atoms with Crippen molar-refractivity contribution < 1.29 is 27.8 Å². The molecule has 0 aliphatic rings. The normalized spacial score (nSPS) is 11.0. The Morgan fingerprint density at radius 1 is 1.32 bits per heavy atom. The first kappa shape index (κ1) is 19.1. The molecule has 0 saturated carbocycles. The fourth-order valence-electron chi connectivity index (χ4n) is 1.88. The number of aromatic nitrogens is 2. The van der Waals surface area contributed by atoms with Gasteiger partial charge in [0.2, 0.25) is 0 Å². The zero-order valence-electron chi connectivity index (χ0n) is 12.3. The third-order valence-corrected chi connectivity index (χ3v) is 3.62. The number of benzene rings is 1. The van der Waals surface area contributed by atoms with Crippen molar-refractivity contribution in [3.05, 3.63) is 33.7 Å². The van der Waals surface area contributed by atoms with Gasteiger partial charge in [0.05, 0.1) is 22.7 Å². The van der Waals surface area contributed by atoms with Crippen molar-refractivity contribution in [2.75, 3.05) is 12.3 Å². The van der Waals surface area contributed by atoms with E-state index in [9.17, 15) is 18.0 Å². The minimum atomic E-state index is -2.83. The fraction of sp³-hybridized carbons (Fsp3) is 0.214. The third-order valence-electron chi connectivity index (χ3n) is 2.91. The van der Waals surface area contributed by atoms with Crippen LogP contribution in [0.15, 0.2) is 12.1 Å². The van der Waals surface area contributed by atoms with Crippen LogP contribution in [0.4, 0.5) is 19.0 Å². The number of hydrogen-bond acceptors (Lipinski definition) is 5. The second-order valence-electron chi connectivity index (χ2n) is 4.70. The highest BCUT2D eigenvalue weighted by atomic mass is 35.5. The van der Waals surface area contributed by atoms with Crippen LogP contribution in [0.1, 0.15) is 5.69 Å². The van der Waals surface area contributed by atoms with Gasteiger partial charge < -0.3 is 15.6 Å². The minimum Gasteiger partial charge on any atom is -0.483 e. The van der Waals surface area contributed by atoms with Crippen molar-refractivity contribution >= 4 is 35.0 Å². The van der Waals surface area contributed by atoms with Gasteiger partial charge in [-0.1, -0.05) is 23.2 Å². The Morgan fingerprint density at radius 2 is 2.00 bits per heavy atom. The molecule has 25 heavy (non-hydrogen) atoms. The highest BCUT2D eigenvalue weighted by Gasteiger charge is 2.21. The number of carboxylic acid groups (broad SMARTS) is 1. The van der Waals surface area contributed by atoms with Crippen LogP contribution < -0.4 is 10.5 Å². The van der Waals surface area contributed by atoms with Gasteiger partial charge in [-0.05, 0) is 12.1 Å². The van der Waals surface area contributed by atoms with Crippen LogP contribution >= 0.6 is 23.2 Å². The Hall–Kier alpha value is -2.26. The van der Waals surface area contributed by atoms with Crippen LogP contribution in [0.2, 0.25) is 10.0 Å². The second-order valence-corrected chi connectivity index (χ2v) is 5.49. The van der Waals surface area contributed by atoms with E-state index in [0.717, 1.165) is 0 Å². The predicted molar refractivity (Wildman–Crippen MR) is 84.7 cm³/mol. The molecular weight excluding hydrogens is 386 g/mol. The maximum absolute atomic E-state index is 14.6. The first-order valence-corrected chi connectivity index (χ1v) is 7.39. The van der Waals surface area contributed by atoms with Gasteiger partial charge in [-0.15, -0.1) is 0 Å². The van der Waals surface area contributed by atoms with Crippen LogP contribution in [0.25, 0.3) is 11.4 Å². The first-order chi connectivity index (χ1) is 11.7. The topological polar surface area (TPSA) is 98.3 Å². The molecule has 0 fully saturated rings. The van der Waals surface area contributed by atoms with E-state index < -0.39 is 37.0 Å². The summed E-state index contributed by atoms with van der Waals surface area (Å²) in [5.74, 6) is -3.46. The number of hydrogen-bond donors (Lipinski definition) is 2. The maximum atomic E-state index is 14.6. The second kappa shape index (κ2) is 7.75. The number of aliphatic carboxylic acids is 1. The van der Waals surface area contributed by atoms with Gasteiger partial charge in [0.25, 0.3) is 6.43 Å². The van der Waals surface area contributed by atoms with Gasteiger partial charge in [0.15, 0.2) is 17.4 Å². The number of nitrogen functional groups attached to an aromatic ring is 1. The van der Waals surface area contributed by atoms with Crippen molar-refractivity contribution in [3.8, 4) is 17.1 Å². The predicted octanol–water partition coefficient (Wildman–Crippen LogP) is 3.44. The molecule has 3 N–H and O–H groups in total. The van der Waals surface area contributed by atoms with Crippen LogP contribution in [-0.4, -0.2) is 34.1 Å². The summed E-state index contributed by atoms with van der Waals surface area (Å²) in [7, 11) is 0. The van der Waals surface area contributed by atoms with Gasteiger partial charge >= 0.3 is 5.97 Å². The van der Waals surface area contributed by atoms with Crippen LogP contribution in [-0.2, 0) is 11.2 Å². The van der Waals surface area contributed by atoms with E-state index >= 15 is 0 Å². The van der Waals surface area contributed by atoms with E-state index in [1.54, 1.807) is 0 Å². The van der Waals surface area contributed by atoms with E-state index in [2.05, 4.69) is 14.7 Å². The SMILES string of the molecule is Nc1nc(-c2ccc(Cl)c(OCC(F)F)c2F)nc(CC(=O)O)c1Cl. The molecule has 0 spiro atoms. The standard InChI is InChI=1S/C14H10Cl2F3N3O3/c15-6-2-1-5(11(19)12(6)25-4-8(17)18)14-21-7(3-9(23)24)10(16)13(20)22-14/h1-2,8H,3-4H2,(H,23,24)(H2,20,21,22). The molecule has 0 aliphatic heterocycles. The van der Waals surface area contributed by atoms with Crippen molar-refractivity contribution in [3.63, 3.8) is 0 Å². The maximum Gasteiger partial charge on any atom is 0.309 e. The van der Waals surface area contributed by atoms with Crippen molar-refractivity contribution in [1.82, 2.24) is 9.97 Å². The number of anilines is 1. The number of ether oxygens (including phenoxy) is 1. The smallest absolute Gasteiger partial charge is 0.309 e. The molecule has 0 bridgehead atoms. The lowest BCUT2D eigenvalue weighted by atomic mass is 10.1. The number of halogens is 5. The number of carboxylic acids is 1. The van der Waals surface area contributed by atoms with Gasteiger partial charge in [0.1, 0.15) is 17.4 Å². The van der Waals surface area contributed by atoms with Gasteiger partial charge in [-0.2, -0.15) is 0 Å². The zero-order chi connectivity index (χ0) is 18.7. The first-order valence-electron chi connectivity index (χ1n) is 6.63. The van der Waals surface area contributed by atoms with Crippen LogP contribution in [0.5, 0.6) is 5.75 Å². The highest BCUT2D eigenvalue weighted by molar-refractivity contribution is 6.33. The van der Waals surface area contributed by atoms with Crippen molar-refractivity contribution in [1.29, 1.82) is 0 Å². The van der Waals surface area contributed by atoms with E-state index in [1.807, 2.05) is 0 Å². The lowest BCUT2D eigenvalue weighted by Gasteiger charge is -2.12. The van der Waals surface area contributed by atoms with Gasteiger partial charge in [-0.25, -0.2) is 23.1 Å². The monoisotopic (exact) mass is 395 g/mol. The zero-order valence-corrected chi connectivity index (χ0v) is 13.8. The number of nitrogens with zero attached hydrogens (tertiary/aromatic N) is 2. The molecule has 134 valence electrons. The summed E-state index contributed by atoms with van der Waals surface area (Å²) in [6.45, 7) is -1.06. The van der Waals surface area contributed by atoms with Crippen LogP contribution in [0.3, 0.4) is 0 Å². The number of alkyl halides is 2. The van der Waals surface area contributed by atoms with E-state index in [0.29, 0.717) is 0 Å². The van der Waals surface area contributed by atoms with Crippen molar-refractivity contribution in [2.45, 2.75) is 12.8 Å². The summed E-state index contributed by atoms with van der Waals surface area (Å²) < 4.78 is 43.8. The summed E-state index contributed by atoms with van der Waals surface area (Å²) in [6.07, 6.45) is -3.40. The van der Waals surface area contributed by atoms with E-state index in [4.69, 9.17) is 34.0 Å². The molecule has 0 atom stereocenters. The molecule has 0 aliphatic carbocycles. The van der Waals surface area contributed by atoms with E-state index in [-0.39, 0.29) is 32.9 Å². The minimum absolute atomic E-state index is 0.124. The summed E-state index contributed by atoms with van der Waals surface area (Å²) in [4.78, 5) is 18.5. The Kier molecular flexibility index (Phi) is 5.91. The summed E-state index contributed by atoms with van der Waals surface area (Å²) in [6, 6.07) is 2.38. The molecule has 0 amide bonds. The van der Waals surface area contributed by atoms with Crippen molar-refractivity contribution in [2.24, 2.45) is 0 Å². The largest absolute Gasteiger partial charge is 0.483 e. The molecule has 2 rings (SSSR count). The summed E-state index contributed by atoms with van der Waals surface area (Å²) in [5, 5.41) is 8.46. The molecule has 6 nitrogen and oxygen atoms in total. The van der Waals surface area contributed by atoms with Crippen LogP contribution in [0, 0.1) is 5.82 Å². The lowest BCUT2D eigenvalue weighted by molar-refractivity contribution is -0.136. The number of carbonyl (C=O) groups is 1. The van der Waals surface area contributed by atoms with E-state index in [1.165, 1.54) is 12.1 Å². The Balaban J connectivity index is 2.53. The average Bonchev–Trinajstić information content (AvgIpc) is 2.51. The lowest BCUT2D eigenvalue weighted by Crippen LogP contribution is -2.10. The molecule has 11 heteroatoms. The molecule has 0 unspecified atom stereocenters. The van der Waals surface area contributed by atoms with Gasteiger partial charge in [-0.3, -0.25) is 4.79 Å². The fourth-order valence-corrected chi connectivity index (χ4v) is 2.23. The molecule has 0 saturated heterocycles. The number of rotatable bonds is 6. The molecular formula is C14H10Cl2F3N3O3. The third kappa shape index (κ3) is 4.43. The molecule has 1 aromatic carbocycles. The molecule has 0 radical (unpaired) electrons. The molecule has 1 aromatic heterocycles. The van der Waals surface area contributed by atoms with Gasteiger partial charge in [0, 0.05) is 0 Å². The average molecular weight is 396 g/mol. The Morgan fingerprint density at radius 3 is 2.60 bits per heavy atom. The quantitative estimate of drug-likeness (QED) is 0.777.